The van der Waals surface area contributed by atoms with Gasteiger partial charge in [-0.05, 0) is 12.1 Å². The zero-order valence-corrected chi connectivity index (χ0v) is 9.63. The van der Waals surface area contributed by atoms with Crippen LogP contribution in [0.2, 0.25) is 10.0 Å². The van der Waals surface area contributed by atoms with Crippen molar-refractivity contribution in [3.63, 3.8) is 0 Å². The van der Waals surface area contributed by atoms with Crippen LogP contribution in [0, 0.1) is 0 Å². The molecule has 6 heteroatoms. The summed E-state index contributed by atoms with van der Waals surface area (Å²) in [6.07, 6.45) is 3.00. The second-order valence-electron chi connectivity index (χ2n) is 3.05. The van der Waals surface area contributed by atoms with E-state index in [9.17, 15) is 0 Å². The highest BCUT2D eigenvalue weighted by Gasteiger charge is 2.06. The van der Waals surface area contributed by atoms with E-state index in [1.807, 2.05) is 0 Å². The maximum atomic E-state index is 5.99. The first kappa shape index (κ1) is 11.0. The molecule has 0 atom stereocenters. The average Bonchev–Trinajstić information content (AvgIpc) is 2.24. The van der Waals surface area contributed by atoms with Crippen molar-refractivity contribution in [2.75, 3.05) is 11.1 Å². The molecule has 2 rings (SSSR count). The second kappa shape index (κ2) is 4.55. The number of hydrogen-bond donors (Lipinski definition) is 2. The van der Waals surface area contributed by atoms with Gasteiger partial charge in [-0.15, -0.1) is 0 Å². The smallest absolute Gasteiger partial charge is 0.151 e. The molecule has 3 N–H and O–H groups in total. The van der Waals surface area contributed by atoms with Gasteiger partial charge in [-0.2, -0.15) is 0 Å². The predicted octanol–water partition coefficient (Wildman–Crippen LogP) is 3.11. The van der Waals surface area contributed by atoms with Crippen LogP contribution in [0.25, 0.3) is 0 Å². The Balaban J connectivity index is 2.34. The molecule has 1 heterocycles. The van der Waals surface area contributed by atoms with E-state index >= 15 is 0 Å². The van der Waals surface area contributed by atoms with Gasteiger partial charge in [-0.3, -0.25) is 4.98 Å². The molecule has 1 aromatic heterocycles. The average molecular weight is 255 g/mol. The fourth-order valence-electron chi connectivity index (χ4n) is 1.19. The summed E-state index contributed by atoms with van der Waals surface area (Å²) in [5.74, 6) is 0.822. The van der Waals surface area contributed by atoms with Gasteiger partial charge < -0.3 is 11.1 Å². The molecule has 0 amide bonds. The van der Waals surface area contributed by atoms with Gasteiger partial charge in [0.1, 0.15) is 5.82 Å². The first-order valence-electron chi connectivity index (χ1n) is 4.45. The molecule has 0 fully saturated rings. The number of benzene rings is 1. The number of anilines is 3. The van der Waals surface area contributed by atoms with Crippen LogP contribution in [0.4, 0.5) is 17.3 Å². The minimum atomic E-state index is 0.327. The highest BCUT2D eigenvalue weighted by Crippen LogP contribution is 2.31. The summed E-state index contributed by atoms with van der Waals surface area (Å²) in [7, 11) is 0. The number of nitrogens with zero attached hydrogens (tertiary/aromatic N) is 2. The first-order valence-corrected chi connectivity index (χ1v) is 5.21. The van der Waals surface area contributed by atoms with E-state index in [0.717, 1.165) is 0 Å². The number of rotatable bonds is 2. The van der Waals surface area contributed by atoms with E-state index < -0.39 is 0 Å². The van der Waals surface area contributed by atoms with Gasteiger partial charge in [0.2, 0.25) is 0 Å². The molecule has 0 saturated heterocycles. The van der Waals surface area contributed by atoms with Crippen molar-refractivity contribution in [3.8, 4) is 0 Å². The number of aromatic nitrogens is 2. The van der Waals surface area contributed by atoms with Crippen molar-refractivity contribution in [2.24, 2.45) is 0 Å². The Morgan fingerprint density at radius 1 is 1.12 bits per heavy atom. The number of nitrogens with two attached hydrogens (primary N) is 1. The molecule has 0 saturated carbocycles. The van der Waals surface area contributed by atoms with Crippen LogP contribution in [0.15, 0.2) is 30.6 Å². The molecule has 2 aromatic rings. The van der Waals surface area contributed by atoms with Crippen LogP contribution in [0.5, 0.6) is 0 Å². The van der Waals surface area contributed by atoms with Gasteiger partial charge in [0.25, 0.3) is 0 Å². The maximum Gasteiger partial charge on any atom is 0.151 e. The van der Waals surface area contributed by atoms with Gasteiger partial charge in [0, 0.05) is 0 Å². The third-order valence-electron chi connectivity index (χ3n) is 1.87. The summed E-state index contributed by atoms with van der Waals surface area (Å²) in [6, 6.07) is 5.23. The molecule has 0 aliphatic rings. The van der Waals surface area contributed by atoms with Crippen LogP contribution < -0.4 is 11.1 Å². The van der Waals surface area contributed by atoms with Gasteiger partial charge in [0.15, 0.2) is 5.82 Å². The third-order valence-corrected chi connectivity index (χ3v) is 2.50. The number of hydrogen-bond acceptors (Lipinski definition) is 4. The molecule has 0 radical (unpaired) electrons. The lowest BCUT2D eigenvalue weighted by atomic mass is 10.3. The largest absolute Gasteiger partial charge is 0.382 e. The molecule has 4 nitrogen and oxygen atoms in total. The molecule has 82 valence electrons. The van der Waals surface area contributed by atoms with Crippen LogP contribution in [0.3, 0.4) is 0 Å². The summed E-state index contributed by atoms with van der Waals surface area (Å²) < 4.78 is 0. The summed E-state index contributed by atoms with van der Waals surface area (Å²) in [4.78, 5) is 7.94. The highest BCUT2D eigenvalue weighted by atomic mass is 35.5. The van der Waals surface area contributed by atoms with E-state index in [0.29, 0.717) is 27.4 Å². The van der Waals surface area contributed by atoms with Crippen molar-refractivity contribution in [1.29, 1.82) is 0 Å². The van der Waals surface area contributed by atoms with Gasteiger partial charge in [-0.1, -0.05) is 29.3 Å². The fourth-order valence-corrected chi connectivity index (χ4v) is 1.68. The van der Waals surface area contributed by atoms with E-state index in [2.05, 4.69) is 15.3 Å². The Labute approximate surface area is 102 Å². The Morgan fingerprint density at radius 3 is 2.44 bits per heavy atom. The lowest BCUT2D eigenvalue weighted by molar-refractivity contribution is 1.21. The van der Waals surface area contributed by atoms with Gasteiger partial charge in [-0.25, -0.2) is 4.98 Å². The van der Waals surface area contributed by atoms with Gasteiger partial charge >= 0.3 is 0 Å². The molecular formula is C10H8Cl2N4. The zero-order valence-electron chi connectivity index (χ0n) is 8.11. The lowest BCUT2D eigenvalue weighted by Gasteiger charge is -2.09. The predicted molar refractivity (Wildman–Crippen MR) is 66.2 cm³/mol. The molecule has 0 unspecified atom stereocenters. The van der Waals surface area contributed by atoms with Crippen molar-refractivity contribution >= 4 is 40.5 Å². The maximum absolute atomic E-state index is 5.99. The normalized spacial score (nSPS) is 10.1. The molecule has 0 bridgehead atoms. The molecule has 1 aromatic carbocycles. The molecule has 0 aliphatic carbocycles. The fraction of sp³-hybridized carbons (Fsp3) is 0. The number of nitrogen functional groups attached to an aromatic ring is 1. The van der Waals surface area contributed by atoms with E-state index in [1.54, 1.807) is 18.2 Å². The van der Waals surface area contributed by atoms with Crippen molar-refractivity contribution in [2.45, 2.75) is 0 Å². The number of halogens is 2. The van der Waals surface area contributed by atoms with Crippen molar-refractivity contribution < 1.29 is 0 Å². The molecule has 0 spiro atoms. The third kappa shape index (κ3) is 2.35. The summed E-state index contributed by atoms with van der Waals surface area (Å²) in [5, 5.41) is 3.99. The number of para-hydroxylation sites is 1. The Kier molecular flexibility index (Phi) is 3.12. The monoisotopic (exact) mass is 254 g/mol. The van der Waals surface area contributed by atoms with Crippen molar-refractivity contribution in [1.82, 2.24) is 9.97 Å². The first-order chi connectivity index (χ1) is 7.66. The van der Waals surface area contributed by atoms with Crippen LogP contribution in [0.1, 0.15) is 0 Å². The Hall–Kier alpha value is -1.52. The minimum Gasteiger partial charge on any atom is -0.382 e. The van der Waals surface area contributed by atoms with Crippen LogP contribution in [-0.4, -0.2) is 9.97 Å². The minimum absolute atomic E-state index is 0.327. The SMILES string of the molecule is Nc1cncc(Nc2c(Cl)cccc2Cl)n1. The van der Waals surface area contributed by atoms with Crippen LogP contribution >= 0.6 is 23.2 Å². The second-order valence-corrected chi connectivity index (χ2v) is 3.87. The molecule has 0 aliphatic heterocycles. The standard InChI is InChI=1S/C10H8Cl2N4/c11-6-2-1-3-7(12)10(6)16-9-5-14-4-8(13)15-9/h1-5H,(H3,13,15,16). The topological polar surface area (TPSA) is 63.8 Å². The van der Waals surface area contributed by atoms with Crippen LogP contribution in [-0.2, 0) is 0 Å². The van der Waals surface area contributed by atoms with E-state index in [-0.39, 0.29) is 0 Å². The van der Waals surface area contributed by atoms with Gasteiger partial charge in [0.05, 0.1) is 28.1 Å². The molecule has 16 heavy (non-hydrogen) atoms. The number of nitrogens with one attached hydrogen (secondary N) is 1. The Morgan fingerprint density at radius 2 is 1.81 bits per heavy atom. The Bertz CT molecular complexity index is 496. The van der Waals surface area contributed by atoms with E-state index in [1.165, 1.54) is 12.4 Å². The summed E-state index contributed by atoms with van der Waals surface area (Å²) in [5.41, 5.74) is 6.10. The lowest BCUT2D eigenvalue weighted by Crippen LogP contribution is -1.99. The summed E-state index contributed by atoms with van der Waals surface area (Å²) in [6.45, 7) is 0. The van der Waals surface area contributed by atoms with Crippen molar-refractivity contribution in [3.05, 3.63) is 40.6 Å². The zero-order chi connectivity index (χ0) is 11.5. The van der Waals surface area contributed by atoms with E-state index in [4.69, 9.17) is 28.9 Å². The molecular weight excluding hydrogens is 247 g/mol. The highest BCUT2D eigenvalue weighted by molar-refractivity contribution is 6.39. The summed E-state index contributed by atoms with van der Waals surface area (Å²) >= 11 is 12.0. The quantitative estimate of drug-likeness (QED) is 0.865.